The molecule has 0 atom stereocenters. The lowest BCUT2D eigenvalue weighted by Crippen LogP contribution is -2.20. The van der Waals surface area contributed by atoms with Crippen LogP contribution in [0.3, 0.4) is 0 Å². The van der Waals surface area contributed by atoms with Crippen molar-refractivity contribution < 1.29 is 9.59 Å². The number of Topliss-reactive ketones (excluding diaryl/α,β-unsaturated/α-hetero) is 1. The summed E-state index contributed by atoms with van der Waals surface area (Å²) < 4.78 is 2.02. The van der Waals surface area contributed by atoms with Crippen molar-refractivity contribution in [3.63, 3.8) is 0 Å². The van der Waals surface area contributed by atoms with Gasteiger partial charge in [0.2, 0.25) is 5.91 Å². The van der Waals surface area contributed by atoms with Gasteiger partial charge in [-0.1, -0.05) is 53.7 Å². The summed E-state index contributed by atoms with van der Waals surface area (Å²) >= 11 is 7.42. The van der Waals surface area contributed by atoms with Crippen LogP contribution in [-0.4, -0.2) is 39.3 Å². The maximum atomic E-state index is 13.0. The number of thioether (sulfide) groups is 1. The van der Waals surface area contributed by atoms with E-state index in [1.807, 2.05) is 71.3 Å². The molecule has 34 heavy (non-hydrogen) atoms. The number of hydrogen-bond acceptors (Lipinski definition) is 5. The molecule has 0 spiro atoms. The van der Waals surface area contributed by atoms with Crippen molar-refractivity contribution >= 4 is 40.7 Å². The smallest absolute Gasteiger partial charge is 0.231 e. The molecule has 5 rings (SSSR count). The molecule has 1 aliphatic heterocycles. The van der Waals surface area contributed by atoms with Gasteiger partial charge in [-0.05, 0) is 53.6 Å². The van der Waals surface area contributed by atoms with Crippen molar-refractivity contribution in [2.75, 3.05) is 17.7 Å². The van der Waals surface area contributed by atoms with E-state index in [1.54, 1.807) is 18.0 Å². The maximum Gasteiger partial charge on any atom is 0.231 e. The Morgan fingerprint density at radius 1 is 1.03 bits per heavy atom. The van der Waals surface area contributed by atoms with Gasteiger partial charge in [0, 0.05) is 28.9 Å². The molecule has 2 heterocycles. The second kappa shape index (κ2) is 9.44. The van der Waals surface area contributed by atoms with Gasteiger partial charge >= 0.3 is 0 Å². The fourth-order valence-electron chi connectivity index (χ4n) is 3.97. The zero-order chi connectivity index (χ0) is 23.7. The highest BCUT2D eigenvalue weighted by Crippen LogP contribution is 2.30. The maximum absolute atomic E-state index is 13.0. The van der Waals surface area contributed by atoms with Gasteiger partial charge in [0.1, 0.15) is 0 Å². The second-order valence-electron chi connectivity index (χ2n) is 8.07. The minimum absolute atomic E-state index is 0.0166. The van der Waals surface area contributed by atoms with E-state index >= 15 is 0 Å². The highest BCUT2D eigenvalue weighted by atomic mass is 35.5. The van der Waals surface area contributed by atoms with E-state index in [9.17, 15) is 9.59 Å². The first-order valence-electron chi connectivity index (χ1n) is 10.8. The number of hydrogen-bond donors (Lipinski definition) is 0. The summed E-state index contributed by atoms with van der Waals surface area (Å²) in [5.74, 6) is 0.959. The number of fused-ring (bicyclic) bond motifs is 1. The van der Waals surface area contributed by atoms with Crippen LogP contribution in [0, 0.1) is 0 Å². The van der Waals surface area contributed by atoms with Crippen LogP contribution in [0.4, 0.5) is 5.69 Å². The summed E-state index contributed by atoms with van der Waals surface area (Å²) in [4.78, 5) is 26.6. The van der Waals surface area contributed by atoms with Crippen LogP contribution >= 0.6 is 23.4 Å². The zero-order valence-electron chi connectivity index (χ0n) is 18.4. The van der Waals surface area contributed by atoms with E-state index in [0.717, 1.165) is 28.2 Å². The number of anilines is 1. The molecule has 1 aliphatic rings. The SMILES string of the molecule is CN1C(=O)Cc2cc(C(=O)CSc3nnc(-c4ccc(Cl)cc4)n3Cc3ccccc3)ccc21. The summed E-state index contributed by atoms with van der Waals surface area (Å²) in [7, 11) is 1.75. The van der Waals surface area contributed by atoms with Crippen molar-refractivity contribution in [3.05, 3.63) is 94.5 Å². The minimum atomic E-state index is -0.0166. The molecule has 3 aromatic carbocycles. The number of carbonyl (C=O) groups excluding carboxylic acids is 2. The van der Waals surface area contributed by atoms with Crippen LogP contribution in [0.25, 0.3) is 11.4 Å². The molecule has 0 radical (unpaired) electrons. The van der Waals surface area contributed by atoms with Crippen molar-refractivity contribution in [2.24, 2.45) is 0 Å². The molecule has 0 bridgehead atoms. The standard InChI is InChI=1S/C26H21ClN4O2S/c1-30-22-12-9-19(13-20(22)14-24(30)33)23(32)16-34-26-29-28-25(18-7-10-21(27)11-8-18)31(26)15-17-5-3-2-4-6-17/h2-13H,14-16H2,1H3. The molecule has 8 heteroatoms. The monoisotopic (exact) mass is 488 g/mol. The predicted molar refractivity (Wildman–Crippen MR) is 135 cm³/mol. The number of amides is 1. The fraction of sp³-hybridized carbons (Fsp3) is 0.154. The molecule has 0 saturated carbocycles. The minimum Gasteiger partial charge on any atom is -0.315 e. The van der Waals surface area contributed by atoms with Crippen LogP contribution in [0.2, 0.25) is 5.02 Å². The van der Waals surface area contributed by atoms with Crippen LogP contribution < -0.4 is 4.90 Å². The van der Waals surface area contributed by atoms with E-state index in [0.29, 0.717) is 28.7 Å². The summed E-state index contributed by atoms with van der Waals surface area (Å²) in [5.41, 5.74) is 4.36. The van der Waals surface area contributed by atoms with E-state index in [1.165, 1.54) is 11.8 Å². The van der Waals surface area contributed by atoms with Gasteiger partial charge in [-0.25, -0.2) is 0 Å². The summed E-state index contributed by atoms with van der Waals surface area (Å²) in [6.07, 6.45) is 0.329. The van der Waals surface area contributed by atoms with Crippen LogP contribution in [-0.2, 0) is 17.8 Å². The van der Waals surface area contributed by atoms with Crippen molar-refractivity contribution in [3.8, 4) is 11.4 Å². The third-order valence-corrected chi connectivity index (χ3v) is 7.03. The number of ketones is 1. The number of nitrogens with zero attached hydrogens (tertiary/aromatic N) is 4. The van der Waals surface area contributed by atoms with Crippen molar-refractivity contribution in [2.45, 2.75) is 18.1 Å². The predicted octanol–water partition coefficient (Wildman–Crippen LogP) is 5.14. The Kier molecular flexibility index (Phi) is 6.22. The average molecular weight is 489 g/mol. The first kappa shape index (κ1) is 22.4. The quantitative estimate of drug-likeness (QED) is 0.266. The molecule has 6 nitrogen and oxygen atoms in total. The summed E-state index contributed by atoms with van der Waals surface area (Å²) in [6, 6.07) is 23.0. The topological polar surface area (TPSA) is 68.1 Å². The van der Waals surface area contributed by atoms with E-state index in [-0.39, 0.29) is 17.4 Å². The largest absolute Gasteiger partial charge is 0.315 e. The number of aromatic nitrogens is 3. The zero-order valence-corrected chi connectivity index (χ0v) is 20.0. The van der Waals surface area contributed by atoms with Gasteiger partial charge in [0.25, 0.3) is 0 Å². The lowest BCUT2D eigenvalue weighted by molar-refractivity contribution is -0.117. The molecule has 0 saturated heterocycles. The highest BCUT2D eigenvalue weighted by Gasteiger charge is 2.25. The number of carbonyl (C=O) groups is 2. The molecule has 1 aromatic heterocycles. The lowest BCUT2D eigenvalue weighted by atomic mass is 10.1. The molecule has 0 aliphatic carbocycles. The van der Waals surface area contributed by atoms with Gasteiger partial charge in [0.15, 0.2) is 16.8 Å². The molecule has 0 N–H and O–H groups in total. The third kappa shape index (κ3) is 4.49. The molecule has 1 amide bonds. The molecule has 4 aromatic rings. The van der Waals surface area contributed by atoms with Crippen molar-refractivity contribution in [1.29, 1.82) is 0 Å². The Morgan fingerprint density at radius 3 is 2.56 bits per heavy atom. The van der Waals surface area contributed by atoms with Crippen molar-refractivity contribution in [1.82, 2.24) is 14.8 Å². The Morgan fingerprint density at radius 2 is 1.79 bits per heavy atom. The van der Waals surface area contributed by atoms with Crippen LogP contribution in [0.5, 0.6) is 0 Å². The third-order valence-electron chi connectivity index (χ3n) is 5.81. The Balaban J connectivity index is 1.39. The average Bonchev–Trinajstić information content (AvgIpc) is 3.38. The molecule has 0 unspecified atom stereocenters. The number of rotatable bonds is 7. The first-order valence-corrected chi connectivity index (χ1v) is 12.1. The Labute approximate surface area is 206 Å². The molecular formula is C26H21ClN4O2S. The van der Waals surface area contributed by atoms with Crippen LogP contribution in [0.1, 0.15) is 21.5 Å². The molecule has 0 fully saturated rings. The number of likely N-dealkylation sites (N-methyl/N-ethyl adjacent to an activating group) is 1. The Hall–Kier alpha value is -3.42. The highest BCUT2D eigenvalue weighted by molar-refractivity contribution is 7.99. The van der Waals surface area contributed by atoms with Gasteiger partial charge in [-0.15, -0.1) is 10.2 Å². The van der Waals surface area contributed by atoms with Crippen LogP contribution in [0.15, 0.2) is 78.0 Å². The first-order chi connectivity index (χ1) is 16.5. The van der Waals surface area contributed by atoms with E-state index < -0.39 is 0 Å². The molecule has 170 valence electrons. The van der Waals surface area contributed by atoms with E-state index in [2.05, 4.69) is 10.2 Å². The van der Waals surface area contributed by atoms with Gasteiger partial charge in [0.05, 0.1) is 18.7 Å². The second-order valence-corrected chi connectivity index (χ2v) is 9.45. The van der Waals surface area contributed by atoms with Gasteiger partial charge < -0.3 is 4.90 Å². The molecular weight excluding hydrogens is 468 g/mol. The fourth-order valence-corrected chi connectivity index (χ4v) is 4.93. The summed E-state index contributed by atoms with van der Waals surface area (Å²) in [5, 5.41) is 10.1. The lowest BCUT2D eigenvalue weighted by Gasteiger charge is -2.11. The number of halogens is 1. The van der Waals surface area contributed by atoms with E-state index in [4.69, 9.17) is 11.6 Å². The van der Waals surface area contributed by atoms with Gasteiger partial charge in [-0.2, -0.15) is 0 Å². The Bertz CT molecular complexity index is 1370. The summed E-state index contributed by atoms with van der Waals surface area (Å²) in [6.45, 7) is 0.579. The number of benzene rings is 3. The normalized spacial score (nSPS) is 12.8. The van der Waals surface area contributed by atoms with Gasteiger partial charge in [-0.3, -0.25) is 14.2 Å².